The van der Waals surface area contributed by atoms with E-state index in [1.165, 1.54) is 30.0 Å². The first-order valence-electron chi connectivity index (χ1n) is 9.89. The summed E-state index contributed by atoms with van der Waals surface area (Å²) < 4.78 is 15.0. The first kappa shape index (κ1) is 21.6. The number of thioether (sulfide) groups is 2. The molecule has 2 heterocycles. The molecule has 0 radical (unpaired) electrons. The highest BCUT2D eigenvalue weighted by molar-refractivity contribution is 8.00. The molecule has 0 bridgehead atoms. The van der Waals surface area contributed by atoms with Crippen LogP contribution < -0.4 is 10.9 Å². The molecule has 8 heteroatoms. The lowest BCUT2D eigenvalue weighted by Gasteiger charge is -2.15. The van der Waals surface area contributed by atoms with Crippen LogP contribution in [0, 0.1) is 19.7 Å². The molecule has 0 fully saturated rings. The number of rotatable bonds is 5. The van der Waals surface area contributed by atoms with Crippen molar-refractivity contribution in [1.82, 2.24) is 9.55 Å². The first-order valence-corrected chi connectivity index (χ1v) is 11.8. The zero-order chi connectivity index (χ0) is 22.1. The summed E-state index contributed by atoms with van der Waals surface area (Å²) in [4.78, 5) is 31.3. The fourth-order valence-electron chi connectivity index (χ4n) is 3.60. The van der Waals surface area contributed by atoms with E-state index in [9.17, 15) is 14.0 Å². The highest BCUT2D eigenvalue weighted by atomic mass is 32.2. The number of hydrogen-bond acceptors (Lipinski definition) is 5. The summed E-state index contributed by atoms with van der Waals surface area (Å²) in [6.45, 7) is 6.04. The van der Waals surface area contributed by atoms with Gasteiger partial charge in [-0.05, 0) is 55.3 Å². The average molecular weight is 456 g/mol. The number of aromatic nitrogens is 2. The summed E-state index contributed by atoms with van der Waals surface area (Å²) in [5.41, 5.74) is 3.91. The highest BCUT2D eigenvalue weighted by Gasteiger charge is 2.27. The lowest BCUT2D eigenvalue weighted by molar-refractivity contribution is -0.113. The SMILES string of the molecule is Cc1cc(C)cc(-n2c(SCC(=O)Nc3cccc(F)c3)nc3c(c2=O)S[C@H](C)C3)c1. The quantitative estimate of drug-likeness (QED) is 0.444. The van der Waals surface area contributed by atoms with Gasteiger partial charge in [-0.15, -0.1) is 11.8 Å². The van der Waals surface area contributed by atoms with Crippen molar-refractivity contribution in [1.29, 1.82) is 0 Å². The Morgan fingerprint density at radius 1 is 1.26 bits per heavy atom. The van der Waals surface area contributed by atoms with Crippen LogP contribution in [0.2, 0.25) is 0 Å². The topological polar surface area (TPSA) is 64.0 Å². The molecule has 4 rings (SSSR count). The molecule has 31 heavy (non-hydrogen) atoms. The zero-order valence-corrected chi connectivity index (χ0v) is 19.1. The maximum Gasteiger partial charge on any atom is 0.272 e. The van der Waals surface area contributed by atoms with Gasteiger partial charge in [-0.1, -0.05) is 30.8 Å². The van der Waals surface area contributed by atoms with E-state index in [1.807, 2.05) is 32.0 Å². The molecule has 1 aliphatic rings. The van der Waals surface area contributed by atoms with Gasteiger partial charge in [-0.2, -0.15) is 0 Å². The van der Waals surface area contributed by atoms with Crippen molar-refractivity contribution in [2.75, 3.05) is 11.1 Å². The van der Waals surface area contributed by atoms with Crippen LogP contribution >= 0.6 is 23.5 Å². The first-order chi connectivity index (χ1) is 14.8. The van der Waals surface area contributed by atoms with E-state index in [0.717, 1.165) is 28.9 Å². The van der Waals surface area contributed by atoms with Crippen LogP contribution in [0.5, 0.6) is 0 Å². The van der Waals surface area contributed by atoms with Crippen LogP contribution in [-0.2, 0) is 11.2 Å². The van der Waals surface area contributed by atoms with Crippen molar-refractivity contribution < 1.29 is 9.18 Å². The van der Waals surface area contributed by atoms with Gasteiger partial charge in [0.1, 0.15) is 5.82 Å². The Hall–Kier alpha value is -2.58. The number of nitrogens with zero attached hydrogens (tertiary/aromatic N) is 2. The van der Waals surface area contributed by atoms with E-state index in [0.29, 0.717) is 21.0 Å². The summed E-state index contributed by atoms with van der Waals surface area (Å²) in [6.07, 6.45) is 0.728. The zero-order valence-electron chi connectivity index (χ0n) is 17.4. The molecule has 0 saturated carbocycles. The molecule has 0 spiro atoms. The second kappa shape index (κ2) is 8.88. The van der Waals surface area contributed by atoms with E-state index in [1.54, 1.807) is 22.4 Å². The maximum absolute atomic E-state index is 13.4. The van der Waals surface area contributed by atoms with Crippen molar-refractivity contribution in [3.8, 4) is 5.69 Å². The maximum atomic E-state index is 13.4. The van der Waals surface area contributed by atoms with Gasteiger partial charge in [0, 0.05) is 17.4 Å². The van der Waals surface area contributed by atoms with Crippen LogP contribution in [0.4, 0.5) is 10.1 Å². The highest BCUT2D eigenvalue weighted by Crippen LogP contribution is 2.35. The minimum atomic E-state index is -0.416. The van der Waals surface area contributed by atoms with Gasteiger partial charge < -0.3 is 5.32 Å². The summed E-state index contributed by atoms with van der Waals surface area (Å²) in [5, 5.41) is 3.46. The summed E-state index contributed by atoms with van der Waals surface area (Å²) >= 11 is 2.75. The largest absolute Gasteiger partial charge is 0.325 e. The standard InChI is InChI=1S/C23H22FN3O2S2/c1-13-7-14(2)9-18(8-13)27-22(29)21-19(10-15(3)31-21)26-23(27)30-12-20(28)25-17-6-4-5-16(24)11-17/h4-9,11,15H,10,12H2,1-3H3,(H,25,28)/t15-/m1/s1. The molecule has 160 valence electrons. The van der Waals surface area contributed by atoms with Gasteiger partial charge in [-0.25, -0.2) is 9.37 Å². The van der Waals surface area contributed by atoms with Crippen molar-refractivity contribution in [2.45, 2.75) is 42.5 Å². The molecular weight excluding hydrogens is 433 g/mol. The van der Waals surface area contributed by atoms with Gasteiger partial charge in [-0.3, -0.25) is 14.2 Å². The number of hydrogen-bond donors (Lipinski definition) is 1. The van der Waals surface area contributed by atoms with Gasteiger partial charge in [0.25, 0.3) is 5.56 Å². The molecule has 0 unspecified atom stereocenters. The molecule has 0 aliphatic carbocycles. The molecule has 1 aliphatic heterocycles. The van der Waals surface area contributed by atoms with Crippen molar-refractivity contribution in [2.24, 2.45) is 0 Å². The second-order valence-corrected chi connectivity index (χ2v) is 10.0. The molecular formula is C23H22FN3O2S2. The van der Waals surface area contributed by atoms with Crippen molar-refractivity contribution in [3.05, 3.63) is 75.5 Å². The fourth-order valence-corrected chi connectivity index (χ4v) is 5.52. The number of nitrogens with one attached hydrogen (secondary N) is 1. The predicted molar refractivity (Wildman–Crippen MR) is 124 cm³/mol. The summed E-state index contributed by atoms with van der Waals surface area (Å²) in [7, 11) is 0. The Labute approximate surface area is 188 Å². The minimum absolute atomic E-state index is 0.0508. The van der Waals surface area contributed by atoms with E-state index in [-0.39, 0.29) is 17.2 Å². The third-order valence-corrected chi connectivity index (χ3v) is 6.94. The monoisotopic (exact) mass is 455 g/mol. The molecule has 3 aromatic rings. The Kier molecular flexibility index (Phi) is 6.20. The van der Waals surface area contributed by atoms with Gasteiger partial charge >= 0.3 is 0 Å². The van der Waals surface area contributed by atoms with Crippen LogP contribution in [0.1, 0.15) is 23.7 Å². The lowest BCUT2D eigenvalue weighted by atomic mass is 10.1. The van der Waals surface area contributed by atoms with Gasteiger partial charge in [0.05, 0.1) is 22.0 Å². The molecule has 2 aromatic carbocycles. The Morgan fingerprint density at radius 2 is 2.00 bits per heavy atom. The van der Waals surface area contributed by atoms with E-state index in [4.69, 9.17) is 4.98 Å². The third-order valence-electron chi connectivity index (χ3n) is 4.79. The summed E-state index contributed by atoms with van der Waals surface area (Å²) in [6, 6.07) is 11.7. The van der Waals surface area contributed by atoms with Crippen molar-refractivity contribution in [3.63, 3.8) is 0 Å². The van der Waals surface area contributed by atoms with Crippen LogP contribution in [0.3, 0.4) is 0 Å². The van der Waals surface area contributed by atoms with Crippen LogP contribution in [0.25, 0.3) is 5.69 Å². The number of fused-ring (bicyclic) bond motifs is 1. The van der Waals surface area contributed by atoms with E-state index in [2.05, 4.69) is 12.2 Å². The number of benzene rings is 2. The van der Waals surface area contributed by atoms with Crippen LogP contribution in [0.15, 0.2) is 57.3 Å². The second-order valence-electron chi connectivity index (χ2n) is 7.64. The van der Waals surface area contributed by atoms with E-state index < -0.39 is 5.82 Å². The molecule has 5 nitrogen and oxygen atoms in total. The van der Waals surface area contributed by atoms with Gasteiger partial charge in [0.15, 0.2) is 5.16 Å². The Morgan fingerprint density at radius 3 is 2.71 bits per heavy atom. The summed E-state index contributed by atoms with van der Waals surface area (Å²) in [5.74, 6) is -0.657. The average Bonchev–Trinajstić information content (AvgIpc) is 3.06. The normalized spacial score (nSPS) is 15.0. The number of anilines is 1. The molecule has 1 aromatic heterocycles. The molecule has 0 saturated heterocycles. The molecule has 1 N–H and O–H groups in total. The number of amides is 1. The molecule has 1 amide bonds. The number of carbonyl (C=O) groups excluding carboxylic acids is 1. The van der Waals surface area contributed by atoms with Crippen molar-refractivity contribution >= 4 is 35.1 Å². The number of aryl methyl sites for hydroxylation is 2. The number of carbonyl (C=O) groups is 1. The smallest absolute Gasteiger partial charge is 0.272 e. The van der Waals surface area contributed by atoms with Gasteiger partial charge in [0.2, 0.25) is 5.91 Å². The van der Waals surface area contributed by atoms with E-state index >= 15 is 0 Å². The lowest BCUT2D eigenvalue weighted by Crippen LogP contribution is -2.25. The minimum Gasteiger partial charge on any atom is -0.325 e. The fraction of sp³-hybridized carbons (Fsp3) is 0.261. The Balaban J connectivity index is 1.66. The van der Waals surface area contributed by atoms with Crippen LogP contribution in [-0.4, -0.2) is 26.5 Å². The molecule has 1 atom stereocenters. The third kappa shape index (κ3) is 4.85. The number of halogens is 1. The Bertz CT molecular complexity index is 1210. The predicted octanol–water partition coefficient (Wildman–Crippen LogP) is 4.76.